The van der Waals surface area contributed by atoms with Gasteiger partial charge in [0.25, 0.3) is 0 Å². The SMILES string of the molecule is CC(NC(=O)C(NC(=O)OCc1ccccc1)C(C)C)C(=O)NC(CC(=O)O)C(=O)C(F)C=O. The summed E-state index contributed by atoms with van der Waals surface area (Å²) < 4.78 is 18.5. The lowest BCUT2D eigenvalue weighted by atomic mass is 10.0. The van der Waals surface area contributed by atoms with Crippen LogP contribution in [0.25, 0.3) is 0 Å². The number of nitrogens with one attached hydrogen (secondary N) is 3. The van der Waals surface area contributed by atoms with Crippen LogP contribution in [0.5, 0.6) is 0 Å². The fourth-order valence-electron chi connectivity index (χ4n) is 2.75. The van der Waals surface area contributed by atoms with Crippen molar-refractivity contribution in [3.8, 4) is 0 Å². The van der Waals surface area contributed by atoms with Crippen LogP contribution in [0.4, 0.5) is 9.18 Å². The molecular formula is C22H28FN3O8. The number of carbonyl (C=O) groups is 6. The van der Waals surface area contributed by atoms with Crippen LogP contribution in [-0.4, -0.2) is 65.4 Å². The van der Waals surface area contributed by atoms with E-state index < -0.39 is 66.3 Å². The third kappa shape index (κ3) is 9.35. The third-order valence-corrected chi connectivity index (χ3v) is 4.62. The Morgan fingerprint density at radius 2 is 1.62 bits per heavy atom. The third-order valence-electron chi connectivity index (χ3n) is 4.62. The van der Waals surface area contributed by atoms with E-state index in [1.54, 1.807) is 44.2 Å². The number of halogens is 1. The van der Waals surface area contributed by atoms with Crippen LogP contribution >= 0.6 is 0 Å². The van der Waals surface area contributed by atoms with Gasteiger partial charge in [-0.05, 0) is 18.4 Å². The van der Waals surface area contributed by atoms with Crippen molar-refractivity contribution >= 4 is 35.9 Å². The maximum Gasteiger partial charge on any atom is 0.408 e. The molecule has 186 valence electrons. The minimum Gasteiger partial charge on any atom is -0.481 e. The number of Topliss-reactive ketones (excluding diaryl/α,β-unsaturated/α-hetero) is 1. The van der Waals surface area contributed by atoms with Crippen LogP contribution in [0.15, 0.2) is 30.3 Å². The van der Waals surface area contributed by atoms with E-state index in [-0.39, 0.29) is 12.9 Å². The molecule has 12 heteroatoms. The Bertz CT molecular complexity index is 893. The zero-order valence-electron chi connectivity index (χ0n) is 18.9. The molecule has 1 rings (SSSR count). The molecule has 11 nitrogen and oxygen atoms in total. The van der Waals surface area contributed by atoms with Crippen LogP contribution in [0.2, 0.25) is 0 Å². The van der Waals surface area contributed by atoms with Gasteiger partial charge < -0.3 is 25.8 Å². The van der Waals surface area contributed by atoms with Crippen molar-refractivity contribution in [1.82, 2.24) is 16.0 Å². The highest BCUT2D eigenvalue weighted by atomic mass is 19.1. The van der Waals surface area contributed by atoms with Crippen molar-refractivity contribution in [2.45, 2.75) is 58.1 Å². The number of hydrogen-bond acceptors (Lipinski definition) is 7. The van der Waals surface area contributed by atoms with Crippen molar-refractivity contribution < 1.29 is 43.0 Å². The van der Waals surface area contributed by atoms with Gasteiger partial charge in [0.1, 0.15) is 24.7 Å². The number of alkyl halides is 1. The molecule has 0 radical (unpaired) electrons. The second-order valence-electron chi connectivity index (χ2n) is 7.76. The van der Waals surface area contributed by atoms with E-state index in [1.165, 1.54) is 6.92 Å². The van der Waals surface area contributed by atoms with E-state index in [4.69, 9.17) is 9.84 Å². The zero-order chi connectivity index (χ0) is 25.8. The largest absolute Gasteiger partial charge is 0.481 e. The van der Waals surface area contributed by atoms with Crippen molar-refractivity contribution in [2.75, 3.05) is 0 Å². The minimum absolute atomic E-state index is 0.0206. The summed E-state index contributed by atoms with van der Waals surface area (Å²) in [4.78, 5) is 70.4. The van der Waals surface area contributed by atoms with E-state index in [0.717, 1.165) is 5.56 Å². The highest BCUT2D eigenvalue weighted by Gasteiger charge is 2.32. The summed E-state index contributed by atoms with van der Waals surface area (Å²) in [5.41, 5.74) is 0.740. The van der Waals surface area contributed by atoms with Gasteiger partial charge >= 0.3 is 12.1 Å². The number of hydrogen-bond donors (Lipinski definition) is 4. The normalized spacial score (nSPS) is 14.1. The smallest absolute Gasteiger partial charge is 0.408 e. The van der Waals surface area contributed by atoms with E-state index >= 15 is 0 Å². The monoisotopic (exact) mass is 481 g/mol. The molecule has 0 aliphatic carbocycles. The predicted molar refractivity (Wildman–Crippen MR) is 116 cm³/mol. The molecule has 1 aromatic carbocycles. The molecule has 1 aromatic rings. The fourth-order valence-corrected chi connectivity index (χ4v) is 2.75. The maximum atomic E-state index is 13.4. The molecule has 0 saturated carbocycles. The summed E-state index contributed by atoms with van der Waals surface area (Å²) in [6, 6.07) is 4.68. The van der Waals surface area contributed by atoms with Gasteiger partial charge in [-0.15, -0.1) is 0 Å². The number of aliphatic carboxylic acids is 1. The average molecular weight is 481 g/mol. The highest BCUT2D eigenvalue weighted by Crippen LogP contribution is 2.06. The summed E-state index contributed by atoms with van der Waals surface area (Å²) in [6.07, 6.45) is -4.73. The van der Waals surface area contributed by atoms with E-state index in [9.17, 15) is 33.2 Å². The maximum absolute atomic E-state index is 13.4. The van der Waals surface area contributed by atoms with Crippen molar-refractivity contribution in [3.05, 3.63) is 35.9 Å². The molecule has 0 bridgehead atoms. The van der Waals surface area contributed by atoms with Crippen molar-refractivity contribution in [2.24, 2.45) is 5.92 Å². The first kappa shape index (κ1) is 28.2. The molecule has 0 heterocycles. The molecule has 0 spiro atoms. The van der Waals surface area contributed by atoms with Crippen LogP contribution in [-0.2, 0) is 35.3 Å². The second kappa shape index (κ2) is 13.7. The first-order valence-corrected chi connectivity index (χ1v) is 10.4. The number of carbonyl (C=O) groups excluding carboxylic acids is 5. The first-order valence-electron chi connectivity index (χ1n) is 10.4. The first-order chi connectivity index (χ1) is 16.0. The summed E-state index contributed by atoms with van der Waals surface area (Å²) in [5.74, 6) is -5.06. The summed E-state index contributed by atoms with van der Waals surface area (Å²) >= 11 is 0. The van der Waals surface area contributed by atoms with Gasteiger partial charge in [0, 0.05) is 0 Å². The molecule has 0 aromatic heterocycles. The molecule has 0 aliphatic heterocycles. The lowest BCUT2D eigenvalue weighted by Gasteiger charge is -2.24. The van der Waals surface area contributed by atoms with Crippen LogP contribution in [0.3, 0.4) is 0 Å². The molecular weight excluding hydrogens is 453 g/mol. The number of carboxylic acid groups (broad SMARTS) is 1. The molecule has 3 amide bonds. The standard InChI is InChI=1S/C22H28FN3O8/c1-12(2)18(26-22(33)34-11-14-7-5-4-6-8-14)21(32)24-13(3)20(31)25-16(9-17(28)29)19(30)15(23)10-27/h4-8,10,12-13,15-16,18H,9,11H2,1-3H3,(H,24,32)(H,25,31)(H,26,33)(H,28,29). The van der Waals surface area contributed by atoms with Gasteiger partial charge in [0.05, 0.1) is 6.42 Å². The number of rotatable bonds is 13. The van der Waals surface area contributed by atoms with Gasteiger partial charge in [0.15, 0.2) is 12.1 Å². The Morgan fingerprint density at radius 1 is 1.00 bits per heavy atom. The van der Waals surface area contributed by atoms with Gasteiger partial charge in [-0.3, -0.25) is 24.0 Å². The quantitative estimate of drug-likeness (QED) is 0.233. The van der Waals surface area contributed by atoms with E-state index in [0.29, 0.717) is 0 Å². The Morgan fingerprint density at radius 3 is 2.15 bits per heavy atom. The van der Waals surface area contributed by atoms with Crippen molar-refractivity contribution in [1.29, 1.82) is 0 Å². The molecule has 4 atom stereocenters. The number of ether oxygens (including phenoxy) is 1. The number of alkyl carbamates (subject to hydrolysis) is 1. The van der Waals surface area contributed by atoms with Gasteiger partial charge in [-0.2, -0.15) is 0 Å². The van der Waals surface area contributed by atoms with Gasteiger partial charge in [-0.25, -0.2) is 9.18 Å². The number of aldehydes is 1. The zero-order valence-corrected chi connectivity index (χ0v) is 18.9. The molecule has 0 fully saturated rings. The van der Waals surface area contributed by atoms with Gasteiger partial charge in [0.2, 0.25) is 18.0 Å². The van der Waals surface area contributed by atoms with Gasteiger partial charge in [-0.1, -0.05) is 44.2 Å². The summed E-state index contributed by atoms with van der Waals surface area (Å²) in [5, 5.41) is 15.7. The molecule has 34 heavy (non-hydrogen) atoms. The van der Waals surface area contributed by atoms with E-state index in [1.807, 2.05) is 5.32 Å². The highest BCUT2D eigenvalue weighted by molar-refractivity contribution is 6.03. The van der Waals surface area contributed by atoms with Crippen LogP contribution in [0, 0.1) is 5.92 Å². The Hall–Kier alpha value is -3.83. The topological polar surface area (TPSA) is 168 Å². The number of carboxylic acids is 1. The number of ketones is 1. The molecule has 0 aliphatic rings. The predicted octanol–water partition coefficient (Wildman–Crippen LogP) is 0.508. The van der Waals surface area contributed by atoms with Crippen molar-refractivity contribution in [3.63, 3.8) is 0 Å². The minimum atomic E-state index is -2.61. The number of benzene rings is 1. The Labute approximate surface area is 195 Å². The molecule has 4 N–H and O–H groups in total. The second-order valence-corrected chi connectivity index (χ2v) is 7.76. The van der Waals surface area contributed by atoms with E-state index in [2.05, 4.69) is 10.6 Å². The number of amides is 3. The van der Waals surface area contributed by atoms with Crippen LogP contribution in [0.1, 0.15) is 32.8 Å². The Balaban J connectivity index is 2.73. The molecule has 0 saturated heterocycles. The summed E-state index contributed by atoms with van der Waals surface area (Å²) in [6.45, 7) is 4.52. The lowest BCUT2D eigenvalue weighted by molar-refractivity contribution is -0.142. The lowest BCUT2D eigenvalue weighted by Crippen LogP contribution is -2.56. The molecule has 4 unspecified atom stereocenters. The summed E-state index contributed by atoms with van der Waals surface area (Å²) in [7, 11) is 0. The fraction of sp³-hybridized carbons (Fsp3) is 0.455. The Kier molecular flexibility index (Phi) is 11.3. The average Bonchev–Trinajstić information content (AvgIpc) is 2.79. The van der Waals surface area contributed by atoms with Crippen LogP contribution < -0.4 is 16.0 Å².